The minimum Gasteiger partial charge on any atom is -0.351 e. The quantitative estimate of drug-likeness (QED) is 0.469. The Hall–Kier alpha value is -0.850. The minimum absolute atomic E-state index is 0. The molecule has 0 saturated carbocycles. The van der Waals surface area contributed by atoms with Crippen LogP contribution in [0.4, 0.5) is 0 Å². The third-order valence-corrected chi connectivity index (χ3v) is 4.88. The van der Waals surface area contributed by atoms with Gasteiger partial charge in [-0.2, -0.15) is 0 Å². The van der Waals surface area contributed by atoms with Crippen molar-refractivity contribution in [2.75, 3.05) is 13.6 Å². The lowest BCUT2D eigenvalue weighted by Gasteiger charge is -2.62. The largest absolute Gasteiger partial charge is 0.351 e. The van der Waals surface area contributed by atoms with E-state index in [9.17, 15) is 0 Å². The highest BCUT2D eigenvalue weighted by Crippen LogP contribution is 2.46. The van der Waals surface area contributed by atoms with Gasteiger partial charge in [0.2, 0.25) is 0 Å². The third kappa shape index (κ3) is 3.33. The number of hydrogen-bond donors (Lipinski definition) is 1. The molecule has 118 valence electrons. The van der Waals surface area contributed by atoms with E-state index in [-0.39, 0.29) is 29.5 Å². The van der Waals surface area contributed by atoms with Crippen LogP contribution < -0.4 is 5.32 Å². The zero-order chi connectivity index (χ0) is 15.0. The van der Waals surface area contributed by atoms with Crippen LogP contribution in [0.5, 0.6) is 0 Å². The number of halogens is 1. The summed E-state index contributed by atoms with van der Waals surface area (Å²) in [4.78, 5) is 11.2. The molecule has 0 bridgehead atoms. The molecule has 1 aliphatic rings. The SMILES string of the molecule is CN=C(NCc1ncccc1C)N1CC(C)(C)C1(C)C.I. The number of pyridine rings is 1. The molecule has 4 nitrogen and oxygen atoms in total. The van der Waals surface area contributed by atoms with Gasteiger partial charge in [-0.3, -0.25) is 9.98 Å². The standard InChI is InChI=1S/C16H26N4.HI/c1-12-8-7-9-18-13(12)10-19-14(17-6)20-11-15(2,3)16(20,4)5;/h7-9H,10-11H2,1-6H3,(H,17,19);1H. The fourth-order valence-corrected chi connectivity index (χ4v) is 2.56. The van der Waals surface area contributed by atoms with Crippen molar-refractivity contribution >= 4 is 29.9 Å². The molecule has 0 amide bonds. The Kier molecular flexibility index (Phi) is 5.63. The van der Waals surface area contributed by atoms with Crippen LogP contribution in [-0.2, 0) is 6.54 Å². The van der Waals surface area contributed by atoms with E-state index >= 15 is 0 Å². The van der Waals surface area contributed by atoms with Crippen LogP contribution in [-0.4, -0.2) is 35.0 Å². The average Bonchev–Trinajstić information content (AvgIpc) is 2.40. The van der Waals surface area contributed by atoms with Crippen LogP contribution in [0.25, 0.3) is 0 Å². The molecule has 2 heterocycles. The Morgan fingerprint density at radius 3 is 2.52 bits per heavy atom. The van der Waals surface area contributed by atoms with E-state index < -0.39 is 0 Å². The van der Waals surface area contributed by atoms with E-state index in [4.69, 9.17) is 0 Å². The summed E-state index contributed by atoms with van der Waals surface area (Å²) in [7, 11) is 1.84. The number of nitrogens with zero attached hydrogens (tertiary/aromatic N) is 3. The molecule has 1 aromatic heterocycles. The Morgan fingerprint density at radius 2 is 2.05 bits per heavy atom. The van der Waals surface area contributed by atoms with E-state index in [1.54, 1.807) is 0 Å². The lowest BCUT2D eigenvalue weighted by molar-refractivity contribution is -0.0668. The molecule has 0 spiro atoms. The summed E-state index contributed by atoms with van der Waals surface area (Å²) < 4.78 is 0. The van der Waals surface area contributed by atoms with Crippen LogP contribution in [0.15, 0.2) is 23.3 Å². The Morgan fingerprint density at radius 1 is 1.38 bits per heavy atom. The first kappa shape index (κ1) is 18.2. The normalized spacial score (nSPS) is 19.5. The molecular formula is C16H27IN4. The lowest BCUT2D eigenvalue weighted by atomic mass is 9.65. The van der Waals surface area contributed by atoms with Crippen molar-refractivity contribution in [3.05, 3.63) is 29.6 Å². The number of hydrogen-bond acceptors (Lipinski definition) is 2. The average molecular weight is 402 g/mol. The van der Waals surface area contributed by atoms with Crippen molar-refractivity contribution in [3.63, 3.8) is 0 Å². The van der Waals surface area contributed by atoms with Crippen LogP contribution in [0, 0.1) is 12.3 Å². The zero-order valence-corrected chi connectivity index (χ0v) is 16.2. The predicted molar refractivity (Wildman–Crippen MR) is 99.2 cm³/mol. The van der Waals surface area contributed by atoms with Crippen molar-refractivity contribution in [1.82, 2.24) is 15.2 Å². The minimum atomic E-state index is 0. The highest BCUT2D eigenvalue weighted by molar-refractivity contribution is 14.0. The second-order valence-corrected chi connectivity index (χ2v) is 6.70. The number of aliphatic imine (C=N–C) groups is 1. The van der Waals surface area contributed by atoms with Gasteiger partial charge in [-0.05, 0) is 32.4 Å². The first-order chi connectivity index (χ1) is 9.29. The number of guanidine groups is 1. The number of aryl methyl sites for hydroxylation is 1. The van der Waals surface area contributed by atoms with Gasteiger partial charge < -0.3 is 10.2 Å². The van der Waals surface area contributed by atoms with Gasteiger partial charge in [-0.15, -0.1) is 24.0 Å². The van der Waals surface area contributed by atoms with E-state index in [1.807, 2.05) is 19.3 Å². The maximum atomic E-state index is 4.42. The summed E-state index contributed by atoms with van der Waals surface area (Å²) in [6.45, 7) is 13.0. The van der Waals surface area contributed by atoms with E-state index in [2.05, 4.69) is 60.9 Å². The van der Waals surface area contributed by atoms with Crippen LogP contribution in [0.2, 0.25) is 0 Å². The molecule has 1 N–H and O–H groups in total. The maximum absolute atomic E-state index is 4.42. The molecule has 1 fully saturated rings. The van der Waals surface area contributed by atoms with Gasteiger partial charge in [0.05, 0.1) is 12.2 Å². The van der Waals surface area contributed by atoms with Crippen LogP contribution >= 0.6 is 24.0 Å². The summed E-state index contributed by atoms with van der Waals surface area (Å²) in [5, 5.41) is 3.44. The smallest absolute Gasteiger partial charge is 0.194 e. The highest BCUT2D eigenvalue weighted by Gasteiger charge is 2.53. The molecule has 0 radical (unpaired) electrons. The summed E-state index contributed by atoms with van der Waals surface area (Å²) in [5.41, 5.74) is 2.71. The fraction of sp³-hybridized carbons (Fsp3) is 0.625. The Bertz CT molecular complexity index is 523. The van der Waals surface area contributed by atoms with Gasteiger partial charge in [-0.1, -0.05) is 19.9 Å². The number of nitrogens with one attached hydrogen (secondary N) is 1. The topological polar surface area (TPSA) is 40.5 Å². The Labute approximate surface area is 145 Å². The summed E-state index contributed by atoms with van der Waals surface area (Å²) in [6, 6.07) is 4.05. The molecule has 0 unspecified atom stereocenters. The summed E-state index contributed by atoms with van der Waals surface area (Å²) in [6.07, 6.45) is 1.84. The van der Waals surface area contributed by atoms with Crippen LogP contribution in [0.1, 0.15) is 39.0 Å². The molecule has 0 aromatic carbocycles. The van der Waals surface area contributed by atoms with Crippen molar-refractivity contribution < 1.29 is 0 Å². The van der Waals surface area contributed by atoms with Crippen molar-refractivity contribution in [3.8, 4) is 0 Å². The molecule has 5 heteroatoms. The first-order valence-electron chi connectivity index (χ1n) is 7.18. The van der Waals surface area contributed by atoms with Crippen molar-refractivity contribution in [1.29, 1.82) is 0 Å². The van der Waals surface area contributed by atoms with Gasteiger partial charge >= 0.3 is 0 Å². The van der Waals surface area contributed by atoms with Gasteiger partial charge in [0.15, 0.2) is 5.96 Å². The summed E-state index contributed by atoms with van der Waals surface area (Å²) >= 11 is 0. The van der Waals surface area contributed by atoms with Gasteiger partial charge in [0.1, 0.15) is 0 Å². The first-order valence-corrected chi connectivity index (χ1v) is 7.18. The third-order valence-electron chi connectivity index (χ3n) is 4.88. The second kappa shape index (κ2) is 6.50. The fourth-order valence-electron chi connectivity index (χ4n) is 2.56. The molecule has 1 saturated heterocycles. The lowest BCUT2D eigenvalue weighted by Crippen LogP contribution is -2.72. The number of aromatic nitrogens is 1. The molecule has 21 heavy (non-hydrogen) atoms. The predicted octanol–water partition coefficient (Wildman–Crippen LogP) is 3.20. The molecule has 0 atom stereocenters. The van der Waals surface area contributed by atoms with E-state index in [0.717, 1.165) is 18.2 Å². The second-order valence-electron chi connectivity index (χ2n) is 6.70. The Balaban J connectivity index is 0.00000220. The monoisotopic (exact) mass is 402 g/mol. The molecule has 1 aromatic rings. The van der Waals surface area contributed by atoms with Crippen LogP contribution in [0.3, 0.4) is 0 Å². The maximum Gasteiger partial charge on any atom is 0.194 e. The van der Waals surface area contributed by atoms with Crippen molar-refractivity contribution in [2.45, 2.75) is 46.7 Å². The summed E-state index contributed by atoms with van der Waals surface area (Å²) in [5.74, 6) is 0.958. The van der Waals surface area contributed by atoms with Gasteiger partial charge in [0, 0.05) is 30.7 Å². The van der Waals surface area contributed by atoms with Gasteiger partial charge in [0.25, 0.3) is 0 Å². The molecular weight excluding hydrogens is 375 g/mol. The van der Waals surface area contributed by atoms with E-state index in [1.165, 1.54) is 5.56 Å². The highest BCUT2D eigenvalue weighted by atomic mass is 127. The van der Waals surface area contributed by atoms with Gasteiger partial charge in [-0.25, -0.2) is 0 Å². The molecule has 2 rings (SSSR count). The molecule has 1 aliphatic heterocycles. The number of rotatable bonds is 2. The molecule has 0 aliphatic carbocycles. The van der Waals surface area contributed by atoms with Crippen molar-refractivity contribution in [2.24, 2.45) is 10.4 Å². The zero-order valence-electron chi connectivity index (χ0n) is 13.9. The number of likely N-dealkylation sites (tertiary alicyclic amines) is 1. The van der Waals surface area contributed by atoms with E-state index in [0.29, 0.717) is 12.0 Å².